The van der Waals surface area contributed by atoms with Crippen LogP contribution in [0, 0.1) is 22.9 Å². The molecule has 1 N–H and O–H groups in total. The van der Waals surface area contributed by atoms with Crippen LogP contribution in [0.2, 0.25) is 0 Å². The van der Waals surface area contributed by atoms with Gasteiger partial charge in [-0.1, -0.05) is 13.3 Å². The fraction of sp³-hybridized carbons (Fsp3) is 0.571. The second-order valence-corrected chi connectivity index (χ2v) is 5.21. The van der Waals surface area contributed by atoms with Crippen LogP contribution < -0.4 is 5.32 Å². The number of hydrogen-bond donors (Lipinski definition) is 1. The highest BCUT2D eigenvalue weighted by molar-refractivity contribution is 5.20. The van der Waals surface area contributed by atoms with E-state index in [1.54, 1.807) is 0 Å². The summed E-state index contributed by atoms with van der Waals surface area (Å²) in [6.45, 7) is 3.21. The van der Waals surface area contributed by atoms with Crippen LogP contribution in [0.15, 0.2) is 12.1 Å². The molecule has 0 bridgehead atoms. The highest BCUT2D eigenvalue weighted by Gasteiger charge is 2.40. The fourth-order valence-corrected chi connectivity index (χ4v) is 2.38. The van der Waals surface area contributed by atoms with Crippen molar-refractivity contribution in [2.45, 2.75) is 39.2 Å². The first-order chi connectivity index (χ1) is 8.56. The van der Waals surface area contributed by atoms with Gasteiger partial charge in [0.1, 0.15) is 5.82 Å². The largest absolute Gasteiger partial charge is 0.312 e. The molecule has 0 aromatic heterocycles. The summed E-state index contributed by atoms with van der Waals surface area (Å²) < 4.78 is 39.1. The van der Waals surface area contributed by atoms with Gasteiger partial charge in [-0.05, 0) is 30.7 Å². The van der Waals surface area contributed by atoms with Gasteiger partial charge in [-0.15, -0.1) is 0 Å². The molecule has 0 spiro atoms. The van der Waals surface area contributed by atoms with E-state index in [2.05, 4.69) is 12.2 Å². The molecule has 4 heteroatoms. The van der Waals surface area contributed by atoms with Crippen LogP contribution in [-0.4, -0.2) is 6.54 Å². The smallest absolute Gasteiger partial charge is 0.161 e. The Morgan fingerprint density at radius 3 is 2.39 bits per heavy atom. The molecule has 1 aliphatic carbocycles. The number of rotatable bonds is 6. The Bertz CT molecular complexity index is 427. The third kappa shape index (κ3) is 3.05. The predicted molar refractivity (Wildman–Crippen MR) is 64.6 cm³/mol. The fourth-order valence-electron chi connectivity index (χ4n) is 2.38. The molecule has 2 rings (SSSR count). The quantitative estimate of drug-likeness (QED) is 0.765. The van der Waals surface area contributed by atoms with E-state index in [4.69, 9.17) is 0 Å². The van der Waals surface area contributed by atoms with Gasteiger partial charge in [0.15, 0.2) is 11.6 Å². The molecule has 1 aromatic rings. The summed E-state index contributed by atoms with van der Waals surface area (Å²) in [6.07, 6.45) is 4.71. The molecule has 0 saturated heterocycles. The summed E-state index contributed by atoms with van der Waals surface area (Å²) in [5.74, 6) is -2.83. The molecule has 0 atom stereocenters. The molecule has 18 heavy (non-hydrogen) atoms. The van der Waals surface area contributed by atoms with E-state index in [9.17, 15) is 13.2 Å². The first-order valence-electron chi connectivity index (χ1n) is 6.40. The van der Waals surface area contributed by atoms with Gasteiger partial charge in [-0.3, -0.25) is 0 Å². The molecule has 0 radical (unpaired) electrons. The van der Waals surface area contributed by atoms with Crippen LogP contribution >= 0.6 is 0 Å². The summed E-state index contributed by atoms with van der Waals surface area (Å²) in [6, 6.07) is 1.53. The molecular weight excluding hydrogens is 239 g/mol. The van der Waals surface area contributed by atoms with E-state index in [0.717, 1.165) is 19.0 Å². The Morgan fingerprint density at radius 1 is 1.11 bits per heavy atom. The van der Waals surface area contributed by atoms with Crippen molar-refractivity contribution in [3.8, 4) is 0 Å². The van der Waals surface area contributed by atoms with Crippen LogP contribution in [0.4, 0.5) is 13.2 Å². The molecule has 100 valence electrons. The van der Waals surface area contributed by atoms with Gasteiger partial charge < -0.3 is 5.32 Å². The van der Waals surface area contributed by atoms with Crippen molar-refractivity contribution in [2.75, 3.05) is 6.54 Å². The normalized spacial score (nSPS) is 16.9. The Kier molecular flexibility index (Phi) is 3.95. The Labute approximate surface area is 105 Å². The molecule has 1 aromatic carbocycles. The van der Waals surface area contributed by atoms with Crippen molar-refractivity contribution >= 4 is 0 Å². The minimum atomic E-state index is -1.14. The third-order valence-electron chi connectivity index (χ3n) is 3.64. The Balaban J connectivity index is 1.89. The summed E-state index contributed by atoms with van der Waals surface area (Å²) in [4.78, 5) is 0. The standard InChI is InChI=1S/C14H18F3N/c1-2-3-14(4-5-14)9-18-8-10-6-12(16)13(17)7-11(10)15/h6-7,18H,2-5,8-9H2,1H3. The number of benzene rings is 1. The van der Waals surface area contributed by atoms with Crippen molar-refractivity contribution in [1.82, 2.24) is 5.32 Å². The van der Waals surface area contributed by atoms with Gasteiger partial charge in [-0.25, -0.2) is 13.2 Å². The summed E-state index contributed by atoms with van der Waals surface area (Å²) in [7, 11) is 0. The van der Waals surface area contributed by atoms with Gasteiger partial charge in [0, 0.05) is 24.7 Å². The summed E-state index contributed by atoms with van der Waals surface area (Å²) in [5.41, 5.74) is 0.547. The lowest BCUT2D eigenvalue weighted by molar-refractivity contribution is 0.416. The van der Waals surface area contributed by atoms with Gasteiger partial charge in [-0.2, -0.15) is 0 Å². The highest BCUT2D eigenvalue weighted by atomic mass is 19.2. The van der Waals surface area contributed by atoms with Gasteiger partial charge in [0.05, 0.1) is 0 Å². The lowest BCUT2D eigenvalue weighted by Gasteiger charge is -2.15. The Hall–Kier alpha value is -1.03. The molecule has 1 saturated carbocycles. The molecule has 1 aliphatic rings. The molecular formula is C14H18F3N. The molecule has 0 amide bonds. The van der Waals surface area contributed by atoms with E-state index in [-0.39, 0.29) is 12.1 Å². The first-order valence-corrected chi connectivity index (χ1v) is 6.40. The maximum atomic E-state index is 13.4. The van der Waals surface area contributed by atoms with Gasteiger partial charge in [0.25, 0.3) is 0 Å². The average molecular weight is 257 g/mol. The van der Waals surface area contributed by atoms with E-state index >= 15 is 0 Å². The zero-order valence-electron chi connectivity index (χ0n) is 10.5. The lowest BCUT2D eigenvalue weighted by atomic mass is 10.0. The lowest BCUT2D eigenvalue weighted by Crippen LogP contribution is -2.24. The second-order valence-electron chi connectivity index (χ2n) is 5.21. The van der Waals surface area contributed by atoms with Crippen molar-refractivity contribution < 1.29 is 13.2 Å². The third-order valence-corrected chi connectivity index (χ3v) is 3.64. The van der Waals surface area contributed by atoms with E-state index in [1.807, 2.05) is 0 Å². The van der Waals surface area contributed by atoms with E-state index in [0.29, 0.717) is 11.5 Å². The SMILES string of the molecule is CCCC1(CNCc2cc(F)c(F)cc2F)CC1. The second kappa shape index (κ2) is 5.31. The maximum absolute atomic E-state index is 13.4. The topological polar surface area (TPSA) is 12.0 Å². The zero-order valence-corrected chi connectivity index (χ0v) is 10.5. The van der Waals surface area contributed by atoms with Crippen molar-refractivity contribution in [2.24, 2.45) is 5.41 Å². The predicted octanol–water partition coefficient (Wildman–Crippen LogP) is 3.77. The van der Waals surface area contributed by atoms with Crippen molar-refractivity contribution in [3.63, 3.8) is 0 Å². The van der Waals surface area contributed by atoms with E-state index in [1.165, 1.54) is 19.3 Å². The van der Waals surface area contributed by atoms with Crippen LogP contribution in [0.1, 0.15) is 38.2 Å². The molecule has 0 aliphatic heterocycles. The van der Waals surface area contributed by atoms with Crippen LogP contribution in [0.3, 0.4) is 0 Å². The summed E-state index contributed by atoms with van der Waals surface area (Å²) in [5, 5.41) is 3.15. The number of hydrogen-bond acceptors (Lipinski definition) is 1. The molecule has 0 heterocycles. The zero-order chi connectivity index (χ0) is 13.2. The van der Waals surface area contributed by atoms with Crippen LogP contribution in [-0.2, 0) is 6.54 Å². The minimum Gasteiger partial charge on any atom is -0.312 e. The molecule has 1 nitrogen and oxygen atoms in total. The molecule has 0 unspecified atom stereocenters. The van der Waals surface area contributed by atoms with Crippen LogP contribution in [0.5, 0.6) is 0 Å². The Morgan fingerprint density at radius 2 is 1.78 bits per heavy atom. The van der Waals surface area contributed by atoms with Gasteiger partial charge in [0.2, 0.25) is 0 Å². The maximum Gasteiger partial charge on any atom is 0.161 e. The highest BCUT2D eigenvalue weighted by Crippen LogP contribution is 2.48. The minimum absolute atomic E-state index is 0.182. The number of halogens is 3. The summed E-state index contributed by atoms with van der Waals surface area (Å²) >= 11 is 0. The number of nitrogens with one attached hydrogen (secondary N) is 1. The average Bonchev–Trinajstić information content (AvgIpc) is 3.06. The first kappa shape index (κ1) is 13.4. The van der Waals surface area contributed by atoms with Crippen molar-refractivity contribution in [3.05, 3.63) is 35.1 Å². The van der Waals surface area contributed by atoms with Crippen LogP contribution in [0.25, 0.3) is 0 Å². The molecule has 1 fully saturated rings. The van der Waals surface area contributed by atoms with Gasteiger partial charge >= 0.3 is 0 Å². The van der Waals surface area contributed by atoms with E-state index < -0.39 is 17.5 Å². The van der Waals surface area contributed by atoms with Crippen molar-refractivity contribution in [1.29, 1.82) is 0 Å². The monoisotopic (exact) mass is 257 g/mol.